The smallest absolute Gasteiger partial charge is 0.249 e. The summed E-state index contributed by atoms with van der Waals surface area (Å²) in [7, 11) is 0. The molecule has 1 aromatic carbocycles. The largest absolute Gasteiger partial charge is 0.352 e. The quantitative estimate of drug-likeness (QED) is 0.767. The van der Waals surface area contributed by atoms with Crippen LogP contribution in [0.2, 0.25) is 0 Å². The molecule has 0 radical (unpaired) electrons. The van der Waals surface area contributed by atoms with Gasteiger partial charge in [0.1, 0.15) is 0 Å². The Balaban J connectivity index is 1.43. The molecule has 0 amide bonds. The first kappa shape index (κ1) is 16.2. The van der Waals surface area contributed by atoms with E-state index in [-0.39, 0.29) is 0 Å². The molecule has 1 aliphatic rings. The minimum Gasteiger partial charge on any atom is -0.352 e. The van der Waals surface area contributed by atoms with Crippen molar-refractivity contribution in [3.8, 4) is 0 Å². The van der Waals surface area contributed by atoms with Gasteiger partial charge in [-0.3, -0.25) is 0 Å². The molecular formula is C18H20N8. The Morgan fingerprint density at radius 1 is 0.962 bits per heavy atom. The van der Waals surface area contributed by atoms with Crippen molar-refractivity contribution < 1.29 is 0 Å². The van der Waals surface area contributed by atoms with Crippen LogP contribution in [-0.4, -0.2) is 51.3 Å². The molecule has 8 heteroatoms. The van der Waals surface area contributed by atoms with E-state index in [1.54, 1.807) is 18.6 Å². The summed E-state index contributed by atoms with van der Waals surface area (Å²) in [5.41, 5.74) is 2.13. The Morgan fingerprint density at radius 2 is 1.73 bits per heavy atom. The first-order chi connectivity index (χ1) is 12.8. The van der Waals surface area contributed by atoms with Gasteiger partial charge in [0.05, 0.1) is 6.20 Å². The number of piperazine rings is 1. The topological polar surface area (TPSA) is 83.0 Å². The van der Waals surface area contributed by atoms with Gasteiger partial charge in [-0.25, -0.2) is 9.97 Å². The molecule has 1 saturated heterocycles. The van der Waals surface area contributed by atoms with Crippen molar-refractivity contribution in [2.45, 2.75) is 6.92 Å². The monoisotopic (exact) mass is 348 g/mol. The Bertz CT molecular complexity index is 862. The number of aryl methyl sites for hydroxylation is 1. The molecule has 8 nitrogen and oxygen atoms in total. The van der Waals surface area contributed by atoms with E-state index in [1.807, 2.05) is 18.2 Å². The van der Waals surface area contributed by atoms with Crippen LogP contribution >= 0.6 is 0 Å². The molecule has 1 aliphatic heterocycles. The lowest BCUT2D eigenvalue weighted by Gasteiger charge is -2.35. The maximum Gasteiger partial charge on any atom is 0.249 e. The molecule has 1 fully saturated rings. The van der Waals surface area contributed by atoms with Gasteiger partial charge in [0.15, 0.2) is 5.82 Å². The van der Waals surface area contributed by atoms with Crippen LogP contribution in [0.1, 0.15) is 5.56 Å². The maximum absolute atomic E-state index is 4.61. The van der Waals surface area contributed by atoms with Gasteiger partial charge in [-0.2, -0.15) is 10.1 Å². The van der Waals surface area contributed by atoms with Gasteiger partial charge in [-0.15, -0.1) is 5.10 Å². The predicted molar refractivity (Wildman–Crippen MR) is 101 cm³/mol. The highest BCUT2D eigenvalue weighted by Gasteiger charge is 2.20. The second kappa shape index (κ2) is 7.30. The molecular weight excluding hydrogens is 328 g/mol. The highest BCUT2D eigenvalue weighted by atomic mass is 15.4. The van der Waals surface area contributed by atoms with E-state index in [0.717, 1.165) is 43.6 Å². The molecule has 0 spiro atoms. The van der Waals surface area contributed by atoms with Gasteiger partial charge < -0.3 is 15.1 Å². The summed E-state index contributed by atoms with van der Waals surface area (Å²) in [4.78, 5) is 17.6. The van der Waals surface area contributed by atoms with Gasteiger partial charge in [0, 0.05) is 44.3 Å². The van der Waals surface area contributed by atoms with Gasteiger partial charge in [-0.1, -0.05) is 12.1 Å². The summed E-state index contributed by atoms with van der Waals surface area (Å²) in [6.07, 6.45) is 5.24. The standard InChI is InChI=1S/C18H20N8/c1-14-4-2-5-15(12-14)22-17-23-16(13-21-24-17)25-8-10-26(11-9-25)18-19-6-3-7-20-18/h2-7,12-13H,8-11H2,1H3,(H,22,23,24). The van der Waals surface area contributed by atoms with E-state index < -0.39 is 0 Å². The summed E-state index contributed by atoms with van der Waals surface area (Å²) in [6.45, 7) is 5.40. The fraction of sp³-hybridized carbons (Fsp3) is 0.278. The van der Waals surface area contributed by atoms with Crippen molar-refractivity contribution in [1.82, 2.24) is 25.1 Å². The minimum absolute atomic E-state index is 0.502. The molecule has 2 aromatic heterocycles. The SMILES string of the molecule is Cc1cccc(Nc2nncc(N3CCN(c4ncccn4)CC3)n2)c1. The molecule has 0 bridgehead atoms. The van der Waals surface area contributed by atoms with E-state index in [0.29, 0.717) is 5.95 Å². The molecule has 1 N–H and O–H groups in total. The number of benzene rings is 1. The minimum atomic E-state index is 0.502. The van der Waals surface area contributed by atoms with Crippen molar-refractivity contribution in [3.05, 3.63) is 54.5 Å². The first-order valence-corrected chi connectivity index (χ1v) is 8.58. The van der Waals surface area contributed by atoms with E-state index in [9.17, 15) is 0 Å². The number of anilines is 4. The average Bonchev–Trinajstić information content (AvgIpc) is 2.69. The normalized spacial score (nSPS) is 14.3. The highest BCUT2D eigenvalue weighted by Crippen LogP contribution is 2.18. The highest BCUT2D eigenvalue weighted by molar-refractivity contribution is 5.55. The maximum atomic E-state index is 4.61. The van der Waals surface area contributed by atoms with Gasteiger partial charge in [0.25, 0.3) is 0 Å². The molecule has 132 valence electrons. The average molecular weight is 348 g/mol. The van der Waals surface area contributed by atoms with Crippen molar-refractivity contribution in [3.63, 3.8) is 0 Å². The summed E-state index contributed by atoms with van der Waals surface area (Å²) in [6, 6.07) is 9.92. The number of nitrogens with zero attached hydrogens (tertiary/aromatic N) is 7. The molecule has 0 unspecified atom stereocenters. The lowest BCUT2D eigenvalue weighted by molar-refractivity contribution is 0.632. The van der Waals surface area contributed by atoms with E-state index in [2.05, 4.69) is 59.3 Å². The fourth-order valence-electron chi connectivity index (χ4n) is 2.94. The fourth-order valence-corrected chi connectivity index (χ4v) is 2.94. The van der Waals surface area contributed by atoms with Crippen LogP contribution in [0.25, 0.3) is 0 Å². The third-order valence-electron chi connectivity index (χ3n) is 4.26. The van der Waals surface area contributed by atoms with Crippen LogP contribution in [0.3, 0.4) is 0 Å². The van der Waals surface area contributed by atoms with E-state index in [1.165, 1.54) is 5.56 Å². The molecule has 26 heavy (non-hydrogen) atoms. The van der Waals surface area contributed by atoms with E-state index >= 15 is 0 Å². The number of aromatic nitrogens is 5. The van der Waals surface area contributed by atoms with Crippen molar-refractivity contribution in [2.24, 2.45) is 0 Å². The number of hydrogen-bond donors (Lipinski definition) is 1. The summed E-state index contributed by atoms with van der Waals surface area (Å²) >= 11 is 0. The Morgan fingerprint density at radius 3 is 2.50 bits per heavy atom. The van der Waals surface area contributed by atoms with Crippen LogP contribution in [0.15, 0.2) is 48.9 Å². The Kier molecular flexibility index (Phi) is 4.55. The van der Waals surface area contributed by atoms with Gasteiger partial charge in [-0.05, 0) is 30.7 Å². The lowest BCUT2D eigenvalue weighted by Crippen LogP contribution is -2.47. The molecule has 0 saturated carbocycles. The Labute approximate surface area is 152 Å². The van der Waals surface area contributed by atoms with Gasteiger partial charge >= 0.3 is 0 Å². The molecule has 0 atom stereocenters. The Hall–Kier alpha value is -3.29. The van der Waals surface area contributed by atoms with Crippen LogP contribution < -0.4 is 15.1 Å². The van der Waals surface area contributed by atoms with E-state index in [4.69, 9.17) is 0 Å². The predicted octanol–water partition coefficient (Wildman–Crippen LogP) is 2.04. The lowest BCUT2D eigenvalue weighted by atomic mass is 10.2. The zero-order valence-corrected chi connectivity index (χ0v) is 14.6. The van der Waals surface area contributed by atoms with Gasteiger partial charge in [0.2, 0.25) is 11.9 Å². The second-order valence-corrected chi connectivity index (χ2v) is 6.16. The van der Waals surface area contributed by atoms with Crippen LogP contribution in [0.5, 0.6) is 0 Å². The van der Waals surface area contributed by atoms with Crippen LogP contribution in [-0.2, 0) is 0 Å². The van der Waals surface area contributed by atoms with Crippen LogP contribution in [0, 0.1) is 6.92 Å². The number of rotatable bonds is 4. The second-order valence-electron chi connectivity index (χ2n) is 6.16. The summed E-state index contributed by atoms with van der Waals surface area (Å²) < 4.78 is 0. The molecule has 3 heterocycles. The number of nitrogens with one attached hydrogen (secondary N) is 1. The van der Waals surface area contributed by atoms with Crippen molar-refractivity contribution in [2.75, 3.05) is 41.3 Å². The zero-order valence-electron chi connectivity index (χ0n) is 14.6. The first-order valence-electron chi connectivity index (χ1n) is 8.58. The number of hydrogen-bond acceptors (Lipinski definition) is 8. The zero-order chi connectivity index (χ0) is 17.8. The molecule has 3 aromatic rings. The third kappa shape index (κ3) is 3.69. The van der Waals surface area contributed by atoms with Crippen LogP contribution in [0.4, 0.5) is 23.4 Å². The third-order valence-corrected chi connectivity index (χ3v) is 4.26. The molecule has 0 aliphatic carbocycles. The molecule has 4 rings (SSSR count). The van der Waals surface area contributed by atoms with Crippen molar-refractivity contribution >= 4 is 23.4 Å². The van der Waals surface area contributed by atoms with Crippen molar-refractivity contribution in [1.29, 1.82) is 0 Å². The summed E-state index contributed by atoms with van der Waals surface area (Å²) in [5.74, 6) is 2.10. The summed E-state index contributed by atoms with van der Waals surface area (Å²) in [5, 5.41) is 11.4.